The van der Waals surface area contributed by atoms with Gasteiger partial charge in [0.05, 0.1) is 13.2 Å². The molecule has 0 rings (SSSR count). The van der Waals surface area contributed by atoms with E-state index in [1.807, 2.05) is 6.92 Å². The van der Waals surface area contributed by atoms with Crippen LogP contribution in [0.15, 0.2) is 0 Å². The molecule has 0 aliphatic heterocycles. The van der Waals surface area contributed by atoms with Crippen molar-refractivity contribution in [2.75, 3.05) is 20.3 Å². The summed E-state index contributed by atoms with van der Waals surface area (Å²) in [6, 6.07) is 0. The van der Waals surface area contributed by atoms with Crippen molar-refractivity contribution in [1.82, 2.24) is 0 Å². The normalized spacial score (nSPS) is 14.5. The molecule has 0 saturated heterocycles. The summed E-state index contributed by atoms with van der Waals surface area (Å²) in [6.07, 6.45) is 0.619. The van der Waals surface area contributed by atoms with Crippen molar-refractivity contribution in [3.05, 3.63) is 0 Å². The lowest BCUT2D eigenvalue weighted by Gasteiger charge is -2.23. The standard InChI is InChI=1S/C8H19O4P/c1-5-8(10-4)13(9,11-6-2)12-7-3/h8H,5-7H2,1-4H3. The zero-order valence-corrected chi connectivity index (χ0v) is 9.67. The fourth-order valence-corrected chi connectivity index (χ4v) is 2.92. The second-order valence-corrected chi connectivity index (χ2v) is 4.65. The molecule has 4 nitrogen and oxygen atoms in total. The molecule has 0 aromatic rings. The minimum atomic E-state index is -3.05. The topological polar surface area (TPSA) is 44.8 Å². The molecule has 0 heterocycles. The van der Waals surface area contributed by atoms with Gasteiger partial charge in [0.2, 0.25) is 0 Å². The first-order valence-corrected chi connectivity index (χ1v) is 6.17. The fourth-order valence-electron chi connectivity index (χ4n) is 1.08. The van der Waals surface area contributed by atoms with Crippen molar-refractivity contribution < 1.29 is 18.3 Å². The lowest BCUT2D eigenvalue weighted by molar-refractivity contribution is 0.107. The van der Waals surface area contributed by atoms with Crippen molar-refractivity contribution in [3.63, 3.8) is 0 Å². The lowest BCUT2D eigenvalue weighted by atomic mass is 10.5. The van der Waals surface area contributed by atoms with Crippen LogP contribution in [0.3, 0.4) is 0 Å². The molecule has 1 atom stereocenters. The van der Waals surface area contributed by atoms with Gasteiger partial charge in [-0.15, -0.1) is 0 Å². The SMILES string of the molecule is CCOP(=O)(OCC)C(CC)OC. The van der Waals surface area contributed by atoms with E-state index in [0.717, 1.165) is 0 Å². The quantitative estimate of drug-likeness (QED) is 0.606. The van der Waals surface area contributed by atoms with Crippen LogP contribution in [0.2, 0.25) is 0 Å². The number of ether oxygens (including phenoxy) is 1. The Balaban J connectivity index is 4.44. The predicted molar refractivity (Wildman–Crippen MR) is 51.9 cm³/mol. The van der Waals surface area contributed by atoms with E-state index in [2.05, 4.69) is 0 Å². The molecule has 0 saturated carbocycles. The maximum Gasteiger partial charge on any atom is 0.359 e. The van der Waals surface area contributed by atoms with Gasteiger partial charge < -0.3 is 13.8 Å². The summed E-state index contributed by atoms with van der Waals surface area (Å²) < 4.78 is 27.3. The maximum absolute atomic E-state index is 12.0. The third-order valence-electron chi connectivity index (χ3n) is 1.59. The van der Waals surface area contributed by atoms with Crippen LogP contribution in [0.1, 0.15) is 27.2 Å². The zero-order valence-electron chi connectivity index (χ0n) is 8.78. The van der Waals surface area contributed by atoms with Gasteiger partial charge in [0.25, 0.3) is 0 Å². The Morgan fingerprint density at radius 3 is 1.85 bits per heavy atom. The van der Waals surface area contributed by atoms with E-state index in [9.17, 15) is 4.57 Å². The highest BCUT2D eigenvalue weighted by Gasteiger charge is 2.34. The van der Waals surface area contributed by atoms with E-state index in [0.29, 0.717) is 19.6 Å². The molecular formula is C8H19O4P. The molecule has 0 spiro atoms. The summed E-state index contributed by atoms with van der Waals surface area (Å²) in [5.41, 5.74) is 0. The molecule has 5 heteroatoms. The second kappa shape index (κ2) is 6.55. The van der Waals surface area contributed by atoms with Crippen LogP contribution in [-0.2, 0) is 18.3 Å². The molecule has 0 aliphatic carbocycles. The number of rotatable bonds is 7. The Kier molecular flexibility index (Phi) is 6.60. The van der Waals surface area contributed by atoms with E-state index >= 15 is 0 Å². The first-order chi connectivity index (χ1) is 6.14. The lowest BCUT2D eigenvalue weighted by Crippen LogP contribution is -2.14. The van der Waals surface area contributed by atoms with Gasteiger partial charge in [-0.3, -0.25) is 4.57 Å². The Morgan fingerprint density at radius 2 is 1.62 bits per heavy atom. The van der Waals surface area contributed by atoms with E-state index < -0.39 is 13.4 Å². The van der Waals surface area contributed by atoms with E-state index in [4.69, 9.17) is 13.8 Å². The number of methoxy groups -OCH3 is 1. The highest BCUT2D eigenvalue weighted by molar-refractivity contribution is 7.54. The fraction of sp³-hybridized carbons (Fsp3) is 1.00. The predicted octanol–water partition coefficient (Wildman–Crippen LogP) is 2.64. The van der Waals surface area contributed by atoms with Gasteiger partial charge >= 0.3 is 7.60 Å². The average Bonchev–Trinajstić information content (AvgIpc) is 2.07. The van der Waals surface area contributed by atoms with Crippen LogP contribution in [0.25, 0.3) is 0 Å². The molecule has 0 aromatic heterocycles. The number of hydrogen-bond acceptors (Lipinski definition) is 4. The summed E-state index contributed by atoms with van der Waals surface area (Å²) in [4.78, 5) is 0. The van der Waals surface area contributed by atoms with Gasteiger partial charge in [0.15, 0.2) is 5.85 Å². The summed E-state index contributed by atoms with van der Waals surface area (Å²) in [5.74, 6) is -0.451. The highest BCUT2D eigenvalue weighted by atomic mass is 31.2. The van der Waals surface area contributed by atoms with Gasteiger partial charge in [-0.2, -0.15) is 0 Å². The molecule has 0 N–H and O–H groups in total. The van der Waals surface area contributed by atoms with Crippen molar-refractivity contribution >= 4 is 7.60 Å². The molecule has 0 radical (unpaired) electrons. The molecule has 0 amide bonds. The average molecular weight is 210 g/mol. The van der Waals surface area contributed by atoms with Crippen molar-refractivity contribution in [2.45, 2.75) is 33.0 Å². The van der Waals surface area contributed by atoms with Gasteiger partial charge in [-0.05, 0) is 20.3 Å². The summed E-state index contributed by atoms with van der Waals surface area (Å²) in [5, 5.41) is 0. The molecule has 0 aromatic carbocycles. The van der Waals surface area contributed by atoms with Crippen LogP contribution in [0, 0.1) is 0 Å². The van der Waals surface area contributed by atoms with Crippen molar-refractivity contribution in [3.8, 4) is 0 Å². The van der Waals surface area contributed by atoms with Gasteiger partial charge in [-0.1, -0.05) is 6.92 Å². The van der Waals surface area contributed by atoms with E-state index in [-0.39, 0.29) is 0 Å². The van der Waals surface area contributed by atoms with Gasteiger partial charge in [-0.25, -0.2) is 0 Å². The van der Waals surface area contributed by atoms with Crippen LogP contribution >= 0.6 is 7.60 Å². The second-order valence-electron chi connectivity index (χ2n) is 2.47. The van der Waals surface area contributed by atoms with Crippen molar-refractivity contribution in [2.24, 2.45) is 0 Å². The highest BCUT2D eigenvalue weighted by Crippen LogP contribution is 2.54. The minimum Gasteiger partial charge on any atom is -0.369 e. The summed E-state index contributed by atoms with van der Waals surface area (Å²) in [6.45, 7) is 6.20. The Bertz CT molecular complexity index is 158. The zero-order chi connectivity index (χ0) is 10.3. The van der Waals surface area contributed by atoms with Crippen molar-refractivity contribution in [1.29, 1.82) is 0 Å². The largest absolute Gasteiger partial charge is 0.369 e. The van der Waals surface area contributed by atoms with E-state index in [1.165, 1.54) is 7.11 Å². The molecule has 13 heavy (non-hydrogen) atoms. The van der Waals surface area contributed by atoms with Crippen LogP contribution < -0.4 is 0 Å². The summed E-state index contributed by atoms with van der Waals surface area (Å²) >= 11 is 0. The minimum absolute atomic E-state index is 0.372. The third kappa shape index (κ3) is 3.77. The molecular weight excluding hydrogens is 191 g/mol. The molecule has 0 aliphatic rings. The smallest absolute Gasteiger partial charge is 0.359 e. The van der Waals surface area contributed by atoms with E-state index in [1.54, 1.807) is 13.8 Å². The van der Waals surface area contributed by atoms with Gasteiger partial charge in [0.1, 0.15) is 0 Å². The Hall–Kier alpha value is 0.110. The molecule has 0 bridgehead atoms. The van der Waals surface area contributed by atoms with Crippen LogP contribution in [0.4, 0.5) is 0 Å². The first kappa shape index (κ1) is 13.1. The van der Waals surface area contributed by atoms with Gasteiger partial charge in [0, 0.05) is 7.11 Å². The van der Waals surface area contributed by atoms with Crippen LogP contribution in [0.5, 0.6) is 0 Å². The molecule has 1 unspecified atom stereocenters. The maximum atomic E-state index is 12.0. The summed E-state index contributed by atoms with van der Waals surface area (Å²) in [7, 11) is -1.54. The third-order valence-corrected chi connectivity index (χ3v) is 4.11. The first-order valence-electron chi connectivity index (χ1n) is 4.56. The Labute approximate surface area is 80.1 Å². The molecule has 80 valence electrons. The number of hydrogen-bond donors (Lipinski definition) is 0. The van der Waals surface area contributed by atoms with Crippen LogP contribution in [-0.4, -0.2) is 26.2 Å². The molecule has 0 fully saturated rings. The monoisotopic (exact) mass is 210 g/mol. The Morgan fingerprint density at radius 1 is 1.15 bits per heavy atom.